The summed E-state index contributed by atoms with van der Waals surface area (Å²) in [4.78, 5) is 30.0. The molecule has 1 atom stereocenters. The van der Waals surface area contributed by atoms with Gasteiger partial charge in [-0.1, -0.05) is 12.1 Å². The largest absolute Gasteiger partial charge is 0.441 e. The highest BCUT2D eigenvalue weighted by atomic mass is 19.3. The van der Waals surface area contributed by atoms with Crippen molar-refractivity contribution in [2.75, 3.05) is 10.3 Å². The third-order valence-corrected chi connectivity index (χ3v) is 5.31. The Kier molecular flexibility index (Phi) is 6.53. The number of aryl methyl sites for hydroxylation is 1. The summed E-state index contributed by atoms with van der Waals surface area (Å²) in [5, 5.41) is 7.57. The minimum atomic E-state index is -3.11. The maximum absolute atomic E-state index is 13.6. The first-order valence-corrected chi connectivity index (χ1v) is 10.6. The molecule has 8 nitrogen and oxygen atoms in total. The molecule has 0 bridgehead atoms. The SMILES string of the molecule is CC1=NN(c2ccc(OC(F)F)c(-c3ncc(C)o3)c2)C(=O)C1C(=O)Nc1cccc(C(C)(F)F)c1. The van der Waals surface area contributed by atoms with E-state index in [4.69, 9.17) is 4.42 Å². The number of nitrogens with one attached hydrogen (secondary N) is 1. The van der Waals surface area contributed by atoms with Gasteiger partial charge in [0.25, 0.3) is 11.8 Å². The van der Waals surface area contributed by atoms with Gasteiger partial charge in [0.1, 0.15) is 11.5 Å². The Bertz CT molecular complexity index is 1350. The van der Waals surface area contributed by atoms with Crippen LogP contribution < -0.4 is 15.1 Å². The molecule has 0 radical (unpaired) electrons. The fourth-order valence-corrected chi connectivity index (χ4v) is 3.63. The van der Waals surface area contributed by atoms with Crippen LogP contribution in [0.4, 0.5) is 28.9 Å². The van der Waals surface area contributed by atoms with E-state index < -0.39 is 30.3 Å². The molecular weight excluding hydrogens is 484 g/mol. The number of amides is 2. The van der Waals surface area contributed by atoms with Crippen LogP contribution in [0, 0.1) is 12.8 Å². The minimum Gasteiger partial charge on any atom is -0.441 e. The number of carbonyl (C=O) groups excluding carboxylic acids is 2. The molecule has 0 saturated carbocycles. The number of halogens is 4. The first kappa shape index (κ1) is 24.9. The van der Waals surface area contributed by atoms with Crippen molar-refractivity contribution in [2.24, 2.45) is 11.0 Å². The summed E-state index contributed by atoms with van der Waals surface area (Å²) in [7, 11) is 0. The summed E-state index contributed by atoms with van der Waals surface area (Å²) in [5.41, 5.74) is 0.135. The summed E-state index contributed by atoms with van der Waals surface area (Å²) in [6.07, 6.45) is 1.39. The van der Waals surface area contributed by atoms with Crippen molar-refractivity contribution in [3.8, 4) is 17.2 Å². The molecule has 2 amide bonds. The Labute approximate surface area is 202 Å². The number of carbonyl (C=O) groups is 2. The Morgan fingerprint density at radius 1 is 1.19 bits per heavy atom. The van der Waals surface area contributed by atoms with E-state index in [2.05, 4.69) is 20.1 Å². The van der Waals surface area contributed by atoms with Crippen LogP contribution >= 0.6 is 0 Å². The van der Waals surface area contributed by atoms with E-state index in [1.54, 1.807) is 6.92 Å². The van der Waals surface area contributed by atoms with Crippen molar-refractivity contribution in [3.63, 3.8) is 0 Å². The topological polar surface area (TPSA) is 97.0 Å². The van der Waals surface area contributed by atoms with Crippen molar-refractivity contribution in [1.82, 2.24) is 4.98 Å². The molecule has 0 spiro atoms. The van der Waals surface area contributed by atoms with Gasteiger partial charge in [-0.2, -0.15) is 18.9 Å². The second-order valence-corrected chi connectivity index (χ2v) is 8.12. The average molecular weight is 504 g/mol. The Balaban J connectivity index is 1.60. The van der Waals surface area contributed by atoms with Crippen molar-refractivity contribution < 1.29 is 36.3 Å². The molecule has 4 rings (SSSR count). The van der Waals surface area contributed by atoms with Gasteiger partial charge in [-0.05, 0) is 44.2 Å². The predicted molar refractivity (Wildman–Crippen MR) is 122 cm³/mol. The zero-order valence-corrected chi connectivity index (χ0v) is 19.3. The van der Waals surface area contributed by atoms with Crippen LogP contribution in [0.5, 0.6) is 5.75 Å². The molecule has 2 heterocycles. The van der Waals surface area contributed by atoms with Crippen LogP contribution in [-0.2, 0) is 15.5 Å². The molecule has 1 aromatic heterocycles. The first-order valence-electron chi connectivity index (χ1n) is 10.6. The molecule has 1 N–H and O–H groups in total. The van der Waals surface area contributed by atoms with E-state index >= 15 is 0 Å². The maximum atomic E-state index is 13.6. The number of hydrogen-bond acceptors (Lipinski definition) is 6. The van der Waals surface area contributed by atoms with Gasteiger partial charge in [0.05, 0.1) is 23.2 Å². The Hall–Kier alpha value is -4.22. The lowest BCUT2D eigenvalue weighted by Gasteiger charge is -2.17. The van der Waals surface area contributed by atoms with Crippen LogP contribution in [0.3, 0.4) is 0 Å². The number of aromatic nitrogens is 1. The van der Waals surface area contributed by atoms with Gasteiger partial charge in [-0.15, -0.1) is 0 Å². The van der Waals surface area contributed by atoms with Gasteiger partial charge in [0, 0.05) is 18.2 Å². The Morgan fingerprint density at radius 3 is 2.58 bits per heavy atom. The molecular formula is C24H20F4N4O4. The van der Waals surface area contributed by atoms with Crippen LogP contribution in [0.25, 0.3) is 11.5 Å². The third kappa shape index (κ3) is 5.07. The number of alkyl halides is 4. The summed E-state index contributed by atoms with van der Waals surface area (Å²) in [6, 6.07) is 8.97. The van der Waals surface area contributed by atoms with Crippen LogP contribution in [0.2, 0.25) is 0 Å². The number of nitrogens with zero attached hydrogens (tertiary/aromatic N) is 3. The quantitative estimate of drug-likeness (QED) is 0.346. The van der Waals surface area contributed by atoms with Crippen molar-refractivity contribution in [3.05, 3.63) is 60.0 Å². The van der Waals surface area contributed by atoms with Gasteiger partial charge in [0.2, 0.25) is 11.8 Å². The van der Waals surface area contributed by atoms with Gasteiger partial charge < -0.3 is 14.5 Å². The number of benzene rings is 2. The Morgan fingerprint density at radius 2 is 1.94 bits per heavy atom. The maximum Gasteiger partial charge on any atom is 0.387 e. The second-order valence-electron chi connectivity index (χ2n) is 8.12. The number of anilines is 2. The minimum absolute atomic E-state index is 0.0146. The molecule has 1 aliphatic heterocycles. The molecule has 188 valence electrons. The van der Waals surface area contributed by atoms with Crippen molar-refractivity contribution >= 4 is 28.9 Å². The lowest BCUT2D eigenvalue weighted by atomic mass is 10.0. The van der Waals surface area contributed by atoms with Gasteiger partial charge >= 0.3 is 6.61 Å². The number of oxazole rings is 1. The number of hydrazone groups is 1. The van der Waals surface area contributed by atoms with Crippen LogP contribution in [-0.4, -0.2) is 29.1 Å². The highest BCUT2D eigenvalue weighted by Crippen LogP contribution is 2.36. The zero-order chi connectivity index (χ0) is 26.2. The first-order chi connectivity index (χ1) is 16.9. The van der Waals surface area contributed by atoms with Gasteiger partial charge in [-0.25, -0.2) is 13.8 Å². The monoisotopic (exact) mass is 504 g/mol. The van der Waals surface area contributed by atoms with Gasteiger partial charge in [0.15, 0.2) is 5.92 Å². The van der Waals surface area contributed by atoms with Crippen LogP contribution in [0.15, 0.2) is 58.2 Å². The smallest absolute Gasteiger partial charge is 0.387 e. The second kappa shape index (κ2) is 9.44. The fourth-order valence-electron chi connectivity index (χ4n) is 3.63. The lowest BCUT2D eigenvalue weighted by molar-refractivity contribution is -0.127. The molecule has 2 aromatic carbocycles. The summed E-state index contributed by atoms with van der Waals surface area (Å²) in [5.74, 6) is -5.76. The number of rotatable bonds is 7. The molecule has 0 aliphatic carbocycles. The molecule has 12 heteroatoms. The van der Waals surface area contributed by atoms with Gasteiger partial charge in [-0.3, -0.25) is 9.59 Å². The molecule has 0 fully saturated rings. The van der Waals surface area contributed by atoms with E-state index in [1.807, 2.05) is 0 Å². The molecule has 3 aromatic rings. The zero-order valence-electron chi connectivity index (χ0n) is 19.3. The standard InChI is InChI=1S/C24H20F4N4O4/c1-12-11-29-21(35-12)17-10-16(7-8-18(17)36-23(25)26)32-22(34)19(13(2)31-32)20(33)30-15-6-4-5-14(9-15)24(3,27)28/h4-11,19,23H,1-3H3,(H,30,33). The summed E-state index contributed by atoms with van der Waals surface area (Å²) in [6.45, 7) is 0.699. The van der Waals surface area contributed by atoms with Crippen molar-refractivity contribution in [2.45, 2.75) is 33.3 Å². The number of hydrogen-bond donors (Lipinski definition) is 1. The summed E-state index contributed by atoms with van der Waals surface area (Å²) < 4.78 is 63.0. The molecule has 1 aliphatic rings. The predicted octanol–water partition coefficient (Wildman–Crippen LogP) is 5.34. The van der Waals surface area contributed by atoms with Crippen molar-refractivity contribution in [1.29, 1.82) is 0 Å². The number of ether oxygens (including phenoxy) is 1. The fraction of sp³-hybridized carbons (Fsp3) is 0.250. The molecule has 36 heavy (non-hydrogen) atoms. The van der Waals surface area contributed by atoms with Crippen LogP contribution in [0.1, 0.15) is 25.2 Å². The molecule has 0 saturated heterocycles. The summed E-state index contributed by atoms with van der Waals surface area (Å²) >= 11 is 0. The highest BCUT2D eigenvalue weighted by molar-refractivity contribution is 6.28. The average Bonchev–Trinajstić information content (AvgIpc) is 3.35. The van der Waals surface area contributed by atoms with E-state index in [0.29, 0.717) is 5.76 Å². The normalized spacial score (nSPS) is 15.9. The lowest BCUT2D eigenvalue weighted by Crippen LogP contribution is -2.36. The van der Waals surface area contributed by atoms with E-state index in [9.17, 15) is 27.2 Å². The van der Waals surface area contributed by atoms with E-state index in [0.717, 1.165) is 18.0 Å². The van der Waals surface area contributed by atoms with E-state index in [1.165, 1.54) is 49.5 Å². The highest BCUT2D eigenvalue weighted by Gasteiger charge is 2.40. The molecule has 1 unspecified atom stereocenters. The third-order valence-electron chi connectivity index (χ3n) is 5.31. The van der Waals surface area contributed by atoms with E-state index in [-0.39, 0.29) is 39.9 Å².